The van der Waals surface area contributed by atoms with E-state index in [1.165, 1.54) is 17.7 Å². The van der Waals surface area contributed by atoms with Crippen LogP contribution in [0.2, 0.25) is 0 Å². The number of ether oxygens (including phenoxy) is 2. The molecule has 0 fully saturated rings. The molecule has 0 saturated carbocycles. The van der Waals surface area contributed by atoms with Gasteiger partial charge in [0.05, 0.1) is 6.61 Å². The second kappa shape index (κ2) is 12.2. The summed E-state index contributed by atoms with van der Waals surface area (Å²) in [6, 6.07) is 21.6. The van der Waals surface area contributed by atoms with Gasteiger partial charge in [0.2, 0.25) is 5.91 Å². The highest BCUT2D eigenvalue weighted by molar-refractivity contribution is 6.04. The van der Waals surface area contributed by atoms with Gasteiger partial charge in [0, 0.05) is 24.2 Å². The van der Waals surface area contributed by atoms with Gasteiger partial charge >= 0.3 is 6.16 Å². The summed E-state index contributed by atoms with van der Waals surface area (Å²) in [7, 11) is 0. The highest BCUT2D eigenvalue weighted by Gasteiger charge is 2.09. The molecule has 7 nitrogen and oxygen atoms in total. The Morgan fingerprint density at radius 2 is 1.62 bits per heavy atom. The molecule has 0 bridgehead atoms. The van der Waals surface area contributed by atoms with Crippen LogP contribution in [-0.2, 0) is 22.5 Å². The highest BCUT2D eigenvalue weighted by Crippen LogP contribution is 2.16. The maximum atomic E-state index is 12.5. The molecule has 0 spiro atoms. The molecule has 0 saturated heterocycles. The topological polar surface area (TPSA) is 93.7 Å². The molecule has 34 heavy (non-hydrogen) atoms. The number of benzene rings is 3. The van der Waals surface area contributed by atoms with E-state index in [0.717, 1.165) is 11.1 Å². The fourth-order valence-corrected chi connectivity index (χ4v) is 3.24. The van der Waals surface area contributed by atoms with Crippen LogP contribution in [0.5, 0.6) is 5.75 Å². The van der Waals surface area contributed by atoms with Crippen molar-refractivity contribution in [3.8, 4) is 5.75 Å². The second-order valence-electron chi connectivity index (χ2n) is 7.73. The van der Waals surface area contributed by atoms with Gasteiger partial charge in [-0.2, -0.15) is 0 Å². The van der Waals surface area contributed by atoms with Crippen molar-refractivity contribution in [2.75, 3.05) is 11.9 Å². The average Bonchev–Trinajstić information content (AvgIpc) is 2.83. The van der Waals surface area contributed by atoms with Crippen molar-refractivity contribution in [3.63, 3.8) is 0 Å². The first-order valence-corrected chi connectivity index (χ1v) is 11.1. The van der Waals surface area contributed by atoms with Gasteiger partial charge in [-0.1, -0.05) is 42.0 Å². The molecule has 7 heteroatoms. The van der Waals surface area contributed by atoms with Crippen LogP contribution in [0.1, 0.15) is 40.4 Å². The lowest BCUT2D eigenvalue weighted by Crippen LogP contribution is -2.23. The Morgan fingerprint density at radius 3 is 2.29 bits per heavy atom. The van der Waals surface area contributed by atoms with Crippen LogP contribution >= 0.6 is 0 Å². The molecule has 0 heterocycles. The van der Waals surface area contributed by atoms with E-state index in [2.05, 4.69) is 16.7 Å². The lowest BCUT2D eigenvalue weighted by Gasteiger charge is -2.09. The molecule has 0 aliphatic rings. The molecule has 0 atom stereocenters. The predicted octanol–water partition coefficient (Wildman–Crippen LogP) is 5.03. The fourth-order valence-electron chi connectivity index (χ4n) is 3.24. The first-order valence-electron chi connectivity index (χ1n) is 11.1. The van der Waals surface area contributed by atoms with Crippen LogP contribution in [0.4, 0.5) is 10.5 Å². The van der Waals surface area contributed by atoms with Crippen molar-refractivity contribution < 1.29 is 23.9 Å². The van der Waals surface area contributed by atoms with E-state index >= 15 is 0 Å². The van der Waals surface area contributed by atoms with Crippen molar-refractivity contribution in [2.45, 2.75) is 33.2 Å². The molecule has 2 N–H and O–H groups in total. The maximum Gasteiger partial charge on any atom is 0.513 e. The standard InChI is InChI=1S/C27H28N2O5/c1-3-33-27(32)34-24-14-10-22(11-15-24)26(31)29-23-12-7-21(8-13-23)18-28-25(30)16-9-20-6-4-5-19(2)17-20/h4-8,10-15,17H,3,9,16,18H2,1-2H3,(H,28,30)(H,29,31). The Kier molecular flexibility index (Phi) is 8.80. The van der Waals surface area contributed by atoms with Gasteiger partial charge in [0.15, 0.2) is 0 Å². The van der Waals surface area contributed by atoms with Crippen LogP contribution in [0, 0.1) is 6.92 Å². The summed E-state index contributed by atoms with van der Waals surface area (Å²) >= 11 is 0. The number of hydrogen-bond acceptors (Lipinski definition) is 5. The molecule has 3 aromatic rings. The van der Waals surface area contributed by atoms with Gasteiger partial charge in [0.25, 0.3) is 5.91 Å². The Balaban J connectivity index is 1.44. The zero-order valence-electron chi connectivity index (χ0n) is 19.3. The molecule has 0 aliphatic carbocycles. The van der Waals surface area contributed by atoms with Crippen molar-refractivity contribution in [1.29, 1.82) is 0 Å². The molecule has 0 radical (unpaired) electrons. The van der Waals surface area contributed by atoms with Gasteiger partial charge in [-0.3, -0.25) is 9.59 Å². The van der Waals surface area contributed by atoms with E-state index in [1.54, 1.807) is 31.2 Å². The average molecular weight is 461 g/mol. The Bertz CT molecular complexity index is 1120. The van der Waals surface area contributed by atoms with E-state index in [1.807, 2.05) is 37.3 Å². The quantitative estimate of drug-likeness (QED) is 0.345. The number of hydrogen-bond donors (Lipinski definition) is 2. The minimum atomic E-state index is -0.790. The van der Waals surface area contributed by atoms with Crippen molar-refractivity contribution in [1.82, 2.24) is 5.32 Å². The summed E-state index contributed by atoms with van der Waals surface area (Å²) in [5.74, 6) is -0.00515. The third-order valence-corrected chi connectivity index (χ3v) is 5.00. The van der Waals surface area contributed by atoms with Crippen LogP contribution < -0.4 is 15.4 Å². The lowest BCUT2D eigenvalue weighted by molar-refractivity contribution is -0.121. The van der Waals surface area contributed by atoms with E-state index in [9.17, 15) is 14.4 Å². The minimum absolute atomic E-state index is 0.00531. The number of rotatable bonds is 9. The molecule has 0 unspecified atom stereocenters. The largest absolute Gasteiger partial charge is 0.513 e. The Labute approximate surface area is 199 Å². The number of amides is 2. The second-order valence-corrected chi connectivity index (χ2v) is 7.73. The summed E-state index contributed by atoms with van der Waals surface area (Å²) in [6.07, 6.45) is 0.345. The summed E-state index contributed by atoms with van der Waals surface area (Å²) in [5, 5.41) is 5.74. The van der Waals surface area contributed by atoms with Crippen LogP contribution in [0.25, 0.3) is 0 Å². The molecule has 3 aromatic carbocycles. The van der Waals surface area contributed by atoms with Gasteiger partial charge in [-0.15, -0.1) is 0 Å². The SMILES string of the molecule is CCOC(=O)Oc1ccc(C(=O)Nc2ccc(CNC(=O)CCc3cccc(C)c3)cc2)cc1. The Hall–Kier alpha value is -4.13. The van der Waals surface area contributed by atoms with Crippen molar-refractivity contribution in [2.24, 2.45) is 0 Å². The minimum Gasteiger partial charge on any atom is -0.434 e. The first-order chi connectivity index (χ1) is 16.4. The zero-order valence-corrected chi connectivity index (χ0v) is 19.3. The van der Waals surface area contributed by atoms with E-state index in [-0.39, 0.29) is 18.4 Å². The summed E-state index contributed by atoms with van der Waals surface area (Å²) in [5.41, 5.74) is 4.32. The Morgan fingerprint density at radius 1 is 0.882 bits per heavy atom. The van der Waals surface area contributed by atoms with Crippen molar-refractivity contribution in [3.05, 3.63) is 95.1 Å². The number of carbonyl (C=O) groups excluding carboxylic acids is 3. The zero-order chi connectivity index (χ0) is 24.3. The van der Waals surface area contributed by atoms with Crippen LogP contribution in [-0.4, -0.2) is 24.6 Å². The smallest absolute Gasteiger partial charge is 0.434 e. The number of aryl methyl sites for hydroxylation is 2. The molecular formula is C27H28N2O5. The van der Waals surface area contributed by atoms with Crippen molar-refractivity contribution >= 4 is 23.7 Å². The van der Waals surface area contributed by atoms with E-state index in [4.69, 9.17) is 9.47 Å². The van der Waals surface area contributed by atoms with Gasteiger partial charge in [-0.25, -0.2) is 4.79 Å². The summed E-state index contributed by atoms with van der Waals surface area (Å²) in [6.45, 7) is 4.36. The lowest BCUT2D eigenvalue weighted by atomic mass is 10.1. The molecule has 0 aromatic heterocycles. The molecule has 2 amide bonds. The highest BCUT2D eigenvalue weighted by atomic mass is 16.7. The van der Waals surface area contributed by atoms with Gasteiger partial charge in [0.1, 0.15) is 5.75 Å². The maximum absolute atomic E-state index is 12.5. The van der Waals surface area contributed by atoms with E-state index < -0.39 is 6.16 Å². The predicted molar refractivity (Wildman–Crippen MR) is 130 cm³/mol. The monoisotopic (exact) mass is 460 g/mol. The van der Waals surface area contributed by atoms with Gasteiger partial charge < -0.3 is 20.1 Å². The normalized spacial score (nSPS) is 10.3. The molecule has 3 rings (SSSR count). The molecule has 0 aliphatic heterocycles. The summed E-state index contributed by atoms with van der Waals surface area (Å²) < 4.78 is 9.69. The number of nitrogens with one attached hydrogen (secondary N) is 2. The third-order valence-electron chi connectivity index (χ3n) is 5.00. The first kappa shape index (κ1) is 24.5. The van der Waals surface area contributed by atoms with E-state index in [0.29, 0.717) is 36.4 Å². The fraction of sp³-hybridized carbons (Fsp3) is 0.222. The van der Waals surface area contributed by atoms with Crippen LogP contribution in [0.3, 0.4) is 0 Å². The molecule has 176 valence electrons. The van der Waals surface area contributed by atoms with Gasteiger partial charge in [-0.05, 0) is 67.8 Å². The number of anilines is 1. The molecular weight excluding hydrogens is 432 g/mol. The summed E-state index contributed by atoms with van der Waals surface area (Å²) in [4.78, 5) is 36.0. The third kappa shape index (κ3) is 7.78. The number of carbonyl (C=O) groups is 3. The van der Waals surface area contributed by atoms with Crippen LogP contribution in [0.15, 0.2) is 72.8 Å².